The molecule has 1 aliphatic rings. The first-order valence-corrected chi connectivity index (χ1v) is 17.5. The Labute approximate surface area is 254 Å². The number of para-hydroxylation sites is 3. The Morgan fingerprint density at radius 2 is 1.29 bits per heavy atom. The molecule has 2 aromatic rings. The lowest BCUT2D eigenvalue weighted by atomic mass is 10.0. The average molecular weight is 598 g/mol. The fraction of sp³-hybridized carbons (Fsp3) is 0.588. The molecule has 7 nitrogen and oxygen atoms in total. The van der Waals surface area contributed by atoms with Crippen molar-refractivity contribution in [1.82, 2.24) is 4.31 Å². The van der Waals surface area contributed by atoms with E-state index < -0.39 is 10.0 Å². The summed E-state index contributed by atoms with van der Waals surface area (Å²) in [5.74, 6) is 0.450. The monoisotopic (exact) mass is 597 g/mol. The number of hydrogen-bond donors (Lipinski definition) is 1. The maximum absolute atomic E-state index is 13.5. The summed E-state index contributed by atoms with van der Waals surface area (Å²) >= 11 is 0. The van der Waals surface area contributed by atoms with Crippen molar-refractivity contribution in [2.75, 3.05) is 19.0 Å². The minimum Gasteiger partial charge on any atom is -0.495 e. The van der Waals surface area contributed by atoms with Gasteiger partial charge in [-0.3, -0.25) is 9.10 Å². The Hall–Kier alpha value is -2.87. The minimum atomic E-state index is -3.79. The quantitative estimate of drug-likeness (QED) is 0.145. The van der Waals surface area contributed by atoms with Crippen molar-refractivity contribution in [1.29, 1.82) is 0 Å². The number of ether oxygens (including phenoxy) is 1. The van der Waals surface area contributed by atoms with Gasteiger partial charge in [0.2, 0.25) is 5.91 Å². The molecule has 0 saturated carbocycles. The molecular formula is C34H51N3O4S. The lowest BCUT2D eigenvalue weighted by Gasteiger charge is -2.29. The molecule has 0 aromatic heterocycles. The van der Waals surface area contributed by atoms with Gasteiger partial charge in [-0.1, -0.05) is 128 Å². The van der Waals surface area contributed by atoms with Crippen molar-refractivity contribution in [2.45, 2.75) is 121 Å². The number of fused-ring (bicyclic) bond motifs is 1. The van der Waals surface area contributed by atoms with E-state index in [0.717, 1.165) is 19.3 Å². The molecule has 0 fully saturated rings. The van der Waals surface area contributed by atoms with Crippen LogP contribution in [0.4, 0.5) is 11.4 Å². The van der Waals surface area contributed by atoms with E-state index in [4.69, 9.17) is 4.74 Å². The van der Waals surface area contributed by atoms with Crippen LogP contribution in [0.25, 0.3) is 0 Å². The maximum Gasteiger partial charge on any atom is 0.267 e. The van der Waals surface area contributed by atoms with Crippen molar-refractivity contribution in [3.8, 4) is 5.75 Å². The molecule has 0 saturated heterocycles. The molecule has 8 heteroatoms. The lowest BCUT2D eigenvalue weighted by Crippen LogP contribution is -2.41. The molecular weight excluding hydrogens is 546 g/mol. The second-order valence-electron chi connectivity index (χ2n) is 11.3. The highest BCUT2D eigenvalue weighted by Gasteiger charge is 2.34. The molecule has 1 heterocycles. The first-order valence-electron chi connectivity index (χ1n) is 16.1. The zero-order valence-corrected chi connectivity index (χ0v) is 26.6. The van der Waals surface area contributed by atoms with Crippen LogP contribution in [0.3, 0.4) is 0 Å². The van der Waals surface area contributed by atoms with Gasteiger partial charge in [0.05, 0.1) is 24.9 Å². The topological polar surface area (TPSA) is 88.1 Å². The molecule has 0 radical (unpaired) electrons. The molecule has 0 spiro atoms. The summed E-state index contributed by atoms with van der Waals surface area (Å²) in [7, 11) is -2.25. The number of methoxy groups -OCH3 is 1. The summed E-state index contributed by atoms with van der Waals surface area (Å²) in [4.78, 5) is 17.8. The zero-order valence-electron chi connectivity index (χ0n) is 25.8. The van der Waals surface area contributed by atoms with Crippen molar-refractivity contribution >= 4 is 33.1 Å². The van der Waals surface area contributed by atoms with E-state index in [2.05, 4.69) is 17.2 Å². The van der Waals surface area contributed by atoms with Crippen LogP contribution in [-0.2, 0) is 14.8 Å². The van der Waals surface area contributed by atoms with Gasteiger partial charge in [0.25, 0.3) is 10.0 Å². The molecule has 0 atom stereocenters. The van der Waals surface area contributed by atoms with Gasteiger partial charge in [0.1, 0.15) is 16.5 Å². The summed E-state index contributed by atoms with van der Waals surface area (Å²) in [5, 5.41) is 2.84. The van der Waals surface area contributed by atoms with Gasteiger partial charge in [-0.05, 0) is 30.7 Å². The molecule has 2 aromatic carbocycles. The number of amides is 1. The smallest absolute Gasteiger partial charge is 0.267 e. The number of unbranched alkanes of at least 4 members (excludes halogenated alkanes) is 15. The van der Waals surface area contributed by atoms with Crippen molar-refractivity contribution in [3.05, 3.63) is 48.5 Å². The highest BCUT2D eigenvalue weighted by atomic mass is 32.2. The Kier molecular flexibility index (Phi) is 14.9. The van der Waals surface area contributed by atoms with Crippen LogP contribution < -0.4 is 10.1 Å². The number of aliphatic imine (C=N–C) groups is 1. The Bertz CT molecular complexity index is 1230. The fourth-order valence-corrected chi connectivity index (χ4v) is 7.10. The van der Waals surface area contributed by atoms with Gasteiger partial charge in [0, 0.05) is 6.54 Å². The summed E-state index contributed by atoms with van der Waals surface area (Å²) in [6.45, 7) is 2.58. The first-order chi connectivity index (χ1) is 20.5. The normalized spacial score (nSPS) is 13.9. The number of anilines is 1. The van der Waals surface area contributed by atoms with Gasteiger partial charge in [-0.15, -0.1) is 0 Å². The van der Waals surface area contributed by atoms with Gasteiger partial charge in [-0.25, -0.2) is 13.4 Å². The van der Waals surface area contributed by atoms with E-state index in [0.29, 0.717) is 23.7 Å². The number of carbonyl (C=O) groups is 1. The molecule has 42 heavy (non-hydrogen) atoms. The fourth-order valence-electron chi connectivity index (χ4n) is 5.49. The molecule has 1 aliphatic heterocycles. The number of hydrogen-bond acceptors (Lipinski definition) is 5. The summed E-state index contributed by atoms with van der Waals surface area (Å²) in [5.41, 5.74) is 0.912. The molecule has 0 bridgehead atoms. The van der Waals surface area contributed by atoms with Gasteiger partial charge < -0.3 is 10.1 Å². The van der Waals surface area contributed by atoms with Gasteiger partial charge in [0.15, 0.2) is 0 Å². The number of nitrogens with zero attached hydrogens (tertiary/aromatic N) is 2. The van der Waals surface area contributed by atoms with Crippen molar-refractivity contribution < 1.29 is 17.9 Å². The van der Waals surface area contributed by atoms with Crippen LogP contribution in [0.2, 0.25) is 0 Å². The highest BCUT2D eigenvalue weighted by molar-refractivity contribution is 7.90. The second-order valence-corrected chi connectivity index (χ2v) is 13.1. The van der Waals surface area contributed by atoms with E-state index in [1.165, 1.54) is 87.8 Å². The van der Waals surface area contributed by atoms with Crippen LogP contribution >= 0.6 is 0 Å². The molecule has 3 rings (SSSR count). The standard InChI is InChI=1S/C34H51N3O4S/c1-3-4-5-6-7-8-9-10-11-12-13-14-15-16-17-22-27-37-33(35-30-24-19-21-26-32(30)42(37,39)40)28-34(38)36-29-23-18-20-25-31(29)41-2/h18-21,23-26H,3-17,22,27-28H2,1-2H3,(H,36,38). The maximum atomic E-state index is 13.5. The lowest BCUT2D eigenvalue weighted by molar-refractivity contribution is -0.115. The van der Waals surface area contributed by atoms with E-state index in [1.54, 1.807) is 49.6 Å². The van der Waals surface area contributed by atoms with Gasteiger partial charge >= 0.3 is 0 Å². The second kappa shape index (κ2) is 18.6. The third kappa shape index (κ3) is 10.8. The Morgan fingerprint density at radius 1 is 0.762 bits per heavy atom. The minimum absolute atomic E-state index is 0.148. The number of carbonyl (C=O) groups excluding carboxylic acids is 1. The van der Waals surface area contributed by atoms with Gasteiger partial charge in [-0.2, -0.15) is 0 Å². The molecule has 232 valence electrons. The number of rotatable bonds is 21. The molecule has 1 amide bonds. The number of amidine groups is 1. The van der Waals surface area contributed by atoms with E-state index >= 15 is 0 Å². The Balaban J connectivity index is 1.41. The third-order valence-electron chi connectivity index (χ3n) is 7.89. The largest absolute Gasteiger partial charge is 0.495 e. The van der Waals surface area contributed by atoms with Crippen LogP contribution in [0.1, 0.15) is 116 Å². The Morgan fingerprint density at radius 3 is 1.88 bits per heavy atom. The SMILES string of the molecule is CCCCCCCCCCCCCCCCCCN1C(CC(=O)Nc2ccccc2OC)=Nc2ccccc2S1(=O)=O. The summed E-state index contributed by atoms with van der Waals surface area (Å²) < 4.78 is 33.7. The predicted octanol–water partition coefficient (Wildman–Crippen LogP) is 9.02. The average Bonchev–Trinajstić information content (AvgIpc) is 2.98. The van der Waals surface area contributed by atoms with Crippen LogP contribution in [0, 0.1) is 0 Å². The molecule has 0 aliphatic carbocycles. The van der Waals surface area contributed by atoms with Crippen molar-refractivity contribution in [2.24, 2.45) is 4.99 Å². The third-order valence-corrected chi connectivity index (χ3v) is 9.76. The van der Waals surface area contributed by atoms with Crippen LogP contribution in [0.15, 0.2) is 58.4 Å². The van der Waals surface area contributed by atoms with E-state index in [9.17, 15) is 13.2 Å². The predicted molar refractivity (Wildman–Crippen MR) is 173 cm³/mol. The molecule has 1 N–H and O–H groups in total. The first kappa shape index (κ1) is 33.6. The van der Waals surface area contributed by atoms with Crippen LogP contribution in [-0.4, -0.2) is 38.1 Å². The van der Waals surface area contributed by atoms with Crippen molar-refractivity contribution in [3.63, 3.8) is 0 Å². The van der Waals surface area contributed by atoms with Crippen LogP contribution in [0.5, 0.6) is 5.75 Å². The number of benzene rings is 2. The summed E-state index contributed by atoms with van der Waals surface area (Å²) in [6.07, 6.45) is 20.0. The van der Waals surface area contributed by atoms with E-state index in [1.807, 2.05) is 6.07 Å². The summed E-state index contributed by atoms with van der Waals surface area (Å²) in [6, 6.07) is 13.9. The zero-order chi connectivity index (χ0) is 30.0. The molecule has 0 unspecified atom stereocenters. The number of nitrogens with one attached hydrogen (secondary N) is 1. The number of sulfonamides is 1. The van der Waals surface area contributed by atoms with E-state index in [-0.39, 0.29) is 23.1 Å². The highest BCUT2D eigenvalue weighted by Crippen LogP contribution is 2.33.